The number of aromatic carboxylic acids is 1. The van der Waals surface area contributed by atoms with Gasteiger partial charge in [0.25, 0.3) is 0 Å². The predicted molar refractivity (Wildman–Crippen MR) is 79.8 cm³/mol. The number of hydrogen-bond acceptors (Lipinski definition) is 5. The van der Waals surface area contributed by atoms with Gasteiger partial charge < -0.3 is 9.84 Å². The largest absolute Gasteiger partial charge is 0.497 e. The van der Waals surface area contributed by atoms with Crippen molar-refractivity contribution in [3.05, 3.63) is 41.2 Å². The van der Waals surface area contributed by atoms with Crippen LogP contribution in [0.5, 0.6) is 5.75 Å². The first-order valence-corrected chi connectivity index (χ1v) is 8.31. The molecule has 1 aliphatic rings. The third-order valence-corrected chi connectivity index (χ3v) is 5.66. The number of rotatable bonds is 4. The summed E-state index contributed by atoms with van der Waals surface area (Å²) in [4.78, 5) is 11.3. The maximum Gasteiger partial charge on any atom is 0.356 e. The SMILES string of the molecule is COc1ccc(S(=O)(=O)N2CCc3[nH]nc(C(=O)O)c3C2)cc1. The molecule has 2 heterocycles. The molecule has 9 heteroatoms. The third kappa shape index (κ3) is 2.68. The molecular weight excluding hydrogens is 322 g/mol. The van der Waals surface area contributed by atoms with Crippen LogP contribution in [0.25, 0.3) is 0 Å². The van der Waals surface area contributed by atoms with Crippen LogP contribution in [-0.4, -0.2) is 47.7 Å². The van der Waals surface area contributed by atoms with Crippen LogP contribution in [0, 0.1) is 0 Å². The maximum atomic E-state index is 12.7. The Kier molecular flexibility index (Phi) is 3.82. The minimum absolute atomic E-state index is 0.0121. The second-order valence-electron chi connectivity index (χ2n) is 5.10. The maximum absolute atomic E-state index is 12.7. The van der Waals surface area contributed by atoms with Gasteiger partial charge in [0.05, 0.1) is 12.0 Å². The number of benzene rings is 1. The number of aromatic nitrogens is 2. The third-order valence-electron chi connectivity index (χ3n) is 3.80. The molecule has 2 aromatic rings. The number of carboxylic acids is 1. The summed E-state index contributed by atoms with van der Waals surface area (Å²) in [6.07, 6.45) is 0.394. The Labute approximate surface area is 132 Å². The van der Waals surface area contributed by atoms with Crippen molar-refractivity contribution >= 4 is 16.0 Å². The van der Waals surface area contributed by atoms with E-state index in [1.54, 1.807) is 12.1 Å². The summed E-state index contributed by atoms with van der Waals surface area (Å²) in [7, 11) is -2.20. The lowest BCUT2D eigenvalue weighted by Gasteiger charge is -2.26. The van der Waals surface area contributed by atoms with Gasteiger partial charge in [-0.3, -0.25) is 5.10 Å². The molecule has 0 saturated heterocycles. The quantitative estimate of drug-likeness (QED) is 0.856. The molecule has 122 valence electrons. The van der Waals surface area contributed by atoms with Crippen LogP contribution >= 0.6 is 0 Å². The molecule has 23 heavy (non-hydrogen) atoms. The fraction of sp³-hybridized carbons (Fsp3) is 0.286. The van der Waals surface area contributed by atoms with Crippen molar-refractivity contribution in [3.8, 4) is 5.75 Å². The molecule has 1 aromatic heterocycles. The van der Waals surface area contributed by atoms with E-state index in [1.165, 1.54) is 23.5 Å². The van der Waals surface area contributed by atoms with Crippen molar-refractivity contribution in [3.63, 3.8) is 0 Å². The van der Waals surface area contributed by atoms with Crippen molar-refractivity contribution in [2.75, 3.05) is 13.7 Å². The molecular formula is C14H15N3O5S. The van der Waals surface area contributed by atoms with Crippen LogP contribution in [0.3, 0.4) is 0 Å². The molecule has 0 fully saturated rings. The molecule has 0 amide bonds. The summed E-state index contributed by atoms with van der Waals surface area (Å²) in [6.45, 7) is 0.254. The highest BCUT2D eigenvalue weighted by Gasteiger charge is 2.32. The Bertz CT molecular complexity index is 842. The minimum Gasteiger partial charge on any atom is -0.497 e. The van der Waals surface area contributed by atoms with E-state index >= 15 is 0 Å². The van der Waals surface area contributed by atoms with Gasteiger partial charge in [-0.2, -0.15) is 9.40 Å². The number of fused-ring (bicyclic) bond motifs is 1. The van der Waals surface area contributed by atoms with Crippen LogP contribution < -0.4 is 4.74 Å². The molecule has 3 rings (SSSR count). The first-order chi connectivity index (χ1) is 10.9. The number of sulfonamides is 1. The molecule has 0 bridgehead atoms. The molecule has 0 spiro atoms. The average molecular weight is 337 g/mol. The first kappa shape index (κ1) is 15.5. The molecule has 1 aromatic carbocycles. The summed E-state index contributed by atoms with van der Waals surface area (Å²) < 4.78 is 31.7. The van der Waals surface area contributed by atoms with Crippen LogP contribution in [-0.2, 0) is 23.0 Å². The molecule has 0 unspecified atom stereocenters. The number of H-pyrrole nitrogens is 1. The minimum atomic E-state index is -3.71. The zero-order valence-electron chi connectivity index (χ0n) is 12.3. The van der Waals surface area contributed by atoms with Crippen LogP contribution in [0.1, 0.15) is 21.7 Å². The van der Waals surface area contributed by atoms with E-state index in [0.29, 0.717) is 23.4 Å². The number of methoxy groups -OCH3 is 1. The van der Waals surface area contributed by atoms with E-state index in [2.05, 4.69) is 10.2 Å². The van der Waals surface area contributed by atoms with Gasteiger partial charge in [0.1, 0.15) is 5.75 Å². The van der Waals surface area contributed by atoms with Crippen molar-refractivity contribution in [1.29, 1.82) is 0 Å². The number of nitrogens with one attached hydrogen (secondary N) is 1. The van der Waals surface area contributed by atoms with E-state index in [0.717, 1.165) is 0 Å². The van der Waals surface area contributed by atoms with Crippen molar-refractivity contribution < 1.29 is 23.1 Å². The fourth-order valence-corrected chi connectivity index (χ4v) is 3.96. The van der Waals surface area contributed by atoms with E-state index in [1.807, 2.05) is 0 Å². The summed E-state index contributed by atoms with van der Waals surface area (Å²) in [5.41, 5.74) is 0.957. The Balaban J connectivity index is 1.92. The lowest BCUT2D eigenvalue weighted by molar-refractivity contribution is 0.0688. The topological polar surface area (TPSA) is 113 Å². The lowest BCUT2D eigenvalue weighted by Crippen LogP contribution is -2.36. The lowest BCUT2D eigenvalue weighted by atomic mass is 10.1. The van der Waals surface area contributed by atoms with Gasteiger partial charge >= 0.3 is 5.97 Å². The molecule has 0 atom stereocenters. The summed E-state index contributed by atoms with van der Waals surface area (Å²) >= 11 is 0. The van der Waals surface area contributed by atoms with E-state index in [4.69, 9.17) is 9.84 Å². The zero-order valence-corrected chi connectivity index (χ0v) is 13.1. The number of ether oxygens (including phenoxy) is 1. The summed E-state index contributed by atoms with van der Waals surface area (Å²) in [5.74, 6) is -0.612. The predicted octanol–water partition coefficient (Wildman–Crippen LogP) is 0.863. The molecule has 8 nitrogen and oxygen atoms in total. The van der Waals surface area contributed by atoms with Crippen LogP contribution in [0.15, 0.2) is 29.2 Å². The van der Waals surface area contributed by atoms with Gasteiger partial charge in [0.15, 0.2) is 5.69 Å². The summed E-state index contributed by atoms with van der Waals surface area (Å²) in [5, 5.41) is 15.5. The normalized spacial score (nSPS) is 15.2. The second kappa shape index (κ2) is 5.67. The number of aromatic amines is 1. The number of nitrogens with zero attached hydrogens (tertiary/aromatic N) is 2. The summed E-state index contributed by atoms with van der Waals surface area (Å²) in [6, 6.07) is 6.08. The Hall–Kier alpha value is -2.39. The van der Waals surface area contributed by atoms with Crippen molar-refractivity contribution in [2.45, 2.75) is 17.9 Å². The average Bonchev–Trinajstić information content (AvgIpc) is 2.98. The Morgan fingerprint density at radius 3 is 2.65 bits per heavy atom. The molecule has 1 aliphatic heterocycles. The zero-order chi connectivity index (χ0) is 16.6. The number of carboxylic acid groups (broad SMARTS) is 1. The van der Waals surface area contributed by atoms with Crippen LogP contribution in [0.4, 0.5) is 0 Å². The monoisotopic (exact) mass is 337 g/mol. The smallest absolute Gasteiger partial charge is 0.356 e. The van der Waals surface area contributed by atoms with Gasteiger partial charge in [0, 0.05) is 30.8 Å². The second-order valence-corrected chi connectivity index (χ2v) is 7.04. The highest BCUT2D eigenvalue weighted by atomic mass is 32.2. The van der Waals surface area contributed by atoms with Gasteiger partial charge in [-0.05, 0) is 24.3 Å². The van der Waals surface area contributed by atoms with E-state index in [9.17, 15) is 13.2 Å². The fourth-order valence-electron chi connectivity index (χ4n) is 2.55. The van der Waals surface area contributed by atoms with E-state index < -0.39 is 16.0 Å². The number of hydrogen-bond donors (Lipinski definition) is 2. The highest BCUT2D eigenvalue weighted by Crippen LogP contribution is 2.26. The van der Waals surface area contributed by atoms with E-state index in [-0.39, 0.29) is 23.7 Å². The first-order valence-electron chi connectivity index (χ1n) is 6.87. The van der Waals surface area contributed by atoms with Gasteiger partial charge in [-0.25, -0.2) is 13.2 Å². The van der Waals surface area contributed by atoms with Crippen molar-refractivity contribution in [2.24, 2.45) is 0 Å². The molecule has 0 radical (unpaired) electrons. The standard InChI is InChI=1S/C14H15N3O5S/c1-22-9-2-4-10(5-3-9)23(20,21)17-7-6-12-11(8-17)13(14(18)19)16-15-12/h2-5H,6-8H2,1H3,(H,15,16)(H,18,19). The van der Waals surface area contributed by atoms with Crippen LogP contribution in [0.2, 0.25) is 0 Å². The Morgan fingerprint density at radius 2 is 2.04 bits per heavy atom. The van der Waals surface area contributed by atoms with Gasteiger partial charge in [0.2, 0.25) is 10.0 Å². The molecule has 2 N–H and O–H groups in total. The van der Waals surface area contributed by atoms with Gasteiger partial charge in [-0.1, -0.05) is 0 Å². The molecule has 0 saturated carbocycles. The van der Waals surface area contributed by atoms with Crippen molar-refractivity contribution in [1.82, 2.24) is 14.5 Å². The molecule has 0 aliphatic carbocycles. The number of carbonyl (C=O) groups is 1. The highest BCUT2D eigenvalue weighted by molar-refractivity contribution is 7.89. The van der Waals surface area contributed by atoms with Gasteiger partial charge in [-0.15, -0.1) is 0 Å². The Morgan fingerprint density at radius 1 is 1.35 bits per heavy atom.